The van der Waals surface area contributed by atoms with E-state index in [-0.39, 0.29) is 18.4 Å². The fourth-order valence-electron chi connectivity index (χ4n) is 3.04. The van der Waals surface area contributed by atoms with Crippen molar-refractivity contribution in [2.75, 3.05) is 20.3 Å². The van der Waals surface area contributed by atoms with E-state index >= 15 is 0 Å². The van der Waals surface area contributed by atoms with Gasteiger partial charge >= 0.3 is 0 Å². The molecule has 1 atom stereocenters. The molecule has 1 amide bonds. The smallest absolute Gasteiger partial charge is 0.267 e. The summed E-state index contributed by atoms with van der Waals surface area (Å²) in [6, 6.07) is 7.44. The molecule has 0 radical (unpaired) electrons. The maximum atomic E-state index is 12.5. The lowest BCUT2D eigenvalue weighted by molar-refractivity contribution is 0.0936. The van der Waals surface area contributed by atoms with Crippen LogP contribution in [0.25, 0.3) is 10.9 Å². The van der Waals surface area contributed by atoms with E-state index in [0.717, 1.165) is 27.8 Å². The lowest BCUT2D eigenvalue weighted by Gasteiger charge is -2.15. The highest BCUT2D eigenvalue weighted by molar-refractivity contribution is 6.31. The average Bonchev–Trinajstić information content (AvgIpc) is 3.11. The lowest BCUT2D eigenvalue weighted by Crippen LogP contribution is -2.32. The summed E-state index contributed by atoms with van der Waals surface area (Å²) in [4.78, 5) is 19.6. The Hall–Kier alpha value is -2.57. The van der Waals surface area contributed by atoms with Crippen molar-refractivity contribution in [2.45, 2.75) is 13.3 Å². The molecule has 0 aliphatic rings. The van der Waals surface area contributed by atoms with Crippen LogP contribution in [0, 0.1) is 12.8 Å². The number of carbonyl (C=O) groups is 1. The van der Waals surface area contributed by atoms with E-state index in [1.165, 1.54) is 0 Å². The number of fused-ring (bicyclic) bond motifs is 1. The highest BCUT2D eigenvalue weighted by Gasteiger charge is 2.15. The number of aromatic amines is 1. The van der Waals surface area contributed by atoms with E-state index in [2.05, 4.69) is 15.3 Å². The molecule has 0 aliphatic carbocycles. The normalized spacial score (nSPS) is 12.1. The minimum Gasteiger partial charge on any atom is -0.497 e. The molecule has 0 bridgehead atoms. The summed E-state index contributed by atoms with van der Waals surface area (Å²) in [7, 11) is 1.61. The van der Waals surface area contributed by atoms with Gasteiger partial charge in [-0.25, -0.2) is 0 Å². The Morgan fingerprint density at radius 2 is 2.22 bits per heavy atom. The number of hydrogen-bond donors (Lipinski definition) is 3. The molecule has 2 heterocycles. The fraction of sp³-hybridized carbons (Fsp3) is 0.300. The number of methoxy groups -OCH3 is 1. The van der Waals surface area contributed by atoms with E-state index in [1.807, 2.05) is 31.2 Å². The molecule has 7 heteroatoms. The summed E-state index contributed by atoms with van der Waals surface area (Å²) < 4.78 is 5.27. The summed E-state index contributed by atoms with van der Waals surface area (Å²) in [5.74, 6) is 0.382. The predicted octanol–water partition coefficient (Wildman–Crippen LogP) is 3.11. The number of aliphatic hydroxyl groups is 1. The molecule has 3 rings (SSSR count). The Bertz CT molecular complexity index is 955. The van der Waals surface area contributed by atoms with Gasteiger partial charge in [-0.2, -0.15) is 0 Å². The second kappa shape index (κ2) is 8.41. The van der Waals surface area contributed by atoms with Crippen molar-refractivity contribution in [1.82, 2.24) is 15.3 Å². The standard InChI is InChI=1S/C20H22ClN3O3/c1-12-5-15(27-2)7-18-16(12)8-19(24-18)20(26)23-9-13(11-25)6-14-3-4-22-10-17(14)21/h3-5,7-8,10,13,24-25H,6,9,11H2,1-2H3,(H,23,26). The highest BCUT2D eigenvalue weighted by Crippen LogP contribution is 2.25. The van der Waals surface area contributed by atoms with Crippen LogP contribution in [0.3, 0.4) is 0 Å². The zero-order chi connectivity index (χ0) is 19.4. The Morgan fingerprint density at radius 1 is 1.41 bits per heavy atom. The van der Waals surface area contributed by atoms with Crippen LogP contribution in [0.15, 0.2) is 36.7 Å². The van der Waals surface area contributed by atoms with Crippen LogP contribution in [0.4, 0.5) is 0 Å². The number of ether oxygens (including phenoxy) is 1. The highest BCUT2D eigenvalue weighted by atomic mass is 35.5. The minimum absolute atomic E-state index is 0.0536. The van der Waals surface area contributed by atoms with Crippen molar-refractivity contribution in [2.24, 2.45) is 5.92 Å². The Balaban J connectivity index is 1.68. The second-order valence-corrected chi connectivity index (χ2v) is 6.93. The first-order valence-electron chi connectivity index (χ1n) is 8.66. The molecule has 3 aromatic rings. The molecule has 0 saturated carbocycles. The number of halogens is 1. The summed E-state index contributed by atoms with van der Waals surface area (Å²) in [6.45, 7) is 2.26. The van der Waals surface area contributed by atoms with Crippen molar-refractivity contribution in [3.8, 4) is 5.75 Å². The van der Waals surface area contributed by atoms with Gasteiger partial charge in [-0.3, -0.25) is 9.78 Å². The first-order chi connectivity index (χ1) is 13.0. The van der Waals surface area contributed by atoms with Gasteiger partial charge in [0, 0.05) is 48.4 Å². The van der Waals surface area contributed by atoms with Crippen LogP contribution in [-0.4, -0.2) is 41.2 Å². The van der Waals surface area contributed by atoms with Gasteiger partial charge in [-0.15, -0.1) is 0 Å². The first kappa shape index (κ1) is 19.2. The molecule has 142 valence electrons. The number of benzene rings is 1. The van der Waals surface area contributed by atoms with Crippen LogP contribution in [0.5, 0.6) is 5.75 Å². The van der Waals surface area contributed by atoms with Crippen molar-refractivity contribution in [3.05, 3.63) is 58.5 Å². The number of nitrogens with zero attached hydrogens (tertiary/aromatic N) is 1. The fourth-order valence-corrected chi connectivity index (χ4v) is 3.24. The third kappa shape index (κ3) is 4.40. The van der Waals surface area contributed by atoms with E-state index in [9.17, 15) is 9.90 Å². The van der Waals surface area contributed by atoms with Gasteiger partial charge in [0.2, 0.25) is 0 Å². The molecule has 1 unspecified atom stereocenters. The van der Waals surface area contributed by atoms with E-state index in [0.29, 0.717) is 23.7 Å². The first-order valence-corrected chi connectivity index (χ1v) is 9.04. The van der Waals surface area contributed by atoms with Crippen LogP contribution < -0.4 is 10.1 Å². The van der Waals surface area contributed by atoms with Gasteiger partial charge in [0.15, 0.2) is 0 Å². The van der Waals surface area contributed by atoms with Gasteiger partial charge in [-0.05, 0) is 42.7 Å². The molecule has 0 aliphatic heterocycles. The number of H-pyrrole nitrogens is 1. The van der Waals surface area contributed by atoms with E-state index in [4.69, 9.17) is 16.3 Å². The van der Waals surface area contributed by atoms with Gasteiger partial charge < -0.3 is 20.1 Å². The average molecular weight is 388 g/mol. The maximum absolute atomic E-state index is 12.5. The van der Waals surface area contributed by atoms with Crippen LogP contribution in [0.2, 0.25) is 5.02 Å². The molecule has 3 N–H and O–H groups in total. The topological polar surface area (TPSA) is 87.2 Å². The summed E-state index contributed by atoms with van der Waals surface area (Å²) in [5, 5.41) is 14.0. The third-order valence-corrected chi connectivity index (χ3v) is 4.91. The number of pyridine rings is 1. The van der Waals surface area contributed by atoms with E-state index in [1.54, 1.807) is 19.5 Å². The Labute approximate surface area is 162 Å². The molecule has 1 aromatic carbocycles. The quantitative estimate of drug-likeness (QED) is 0.581. The molecule has 0 spiro atoms. The number of hydrogen-bond acceptors (Lipinski definition) is 4. The van der Waals surface area contributed by atoms with Gasteiger partial charge in [-0.1, -0.05) is 11.6 Å². The number of aromatic nitrogens is 2. The van der Waals surface area contributed by atoms with Gasteiger partial charge in [0.05, 0.1) is 12.1 Å². The lowest BCUT2D eigenvalue weighted by atomic mass is 10.0. The summed E-state index contributed by atoms with van der Waals surface area (Å²) >= 11 is 6.12. The SMILES string of the molecule is COc1cc(C)c2cc(C(=O)NCC(CO)Cc3ccncc3Cl)[nH]c2c1. The van der Waals surface area contributed by atoms with Crippen molar-refractivity contribution in [1.29, 1.82) is 0 Å². The molecule has 0 saturated heterocycles. The van der Waals surface area contributed by atoms with Crippen molar-refractivity contribution < 1.29 is 14.6 Å². The molecule has 2 aromatic heterocycles. The summed E-state index contributed by atoms with van der Waals surface area (Å²) in [5.41, 5.74) is 3.24. The predicted molar refractivity (Wildman–Crippen MR) is 105 cm³/mol. The Kier molecular flexibility index (Phi) is 5.98. The molecular formula is C20H22ClN3O3. The number of carbonyl (C=O) groups excluding carboxylic acids is 1. The van der Waals surface area contributed by atoms with Crippen LogP contribution >= 0.6 is 11.6 Å². The number of rotatable bonds is 7. The van der Waals surface area contributed by atoms with Gasteiger partial charge in [0.1, 0.15) is 11.4 Å². The zero-order valence-corrected chi connectivity index (χ0v) is 16.0. The minimum atomic E-state index is -0.219. The zero-order valence-electron chi connectivity index (χ0n) is 15.3. The maximum Gasteiger partial charge on any atom is 0.267 e. The van der Waals surface area contributed by atoms with Gasteiger partial charge in [0.25, 0.3) is 5.91 Å². The number of nitrogens with one attached hydrogen (secondary N) is 2. The second-order valence-electron chi connectivity index (χ2n) is 6.52. The molecule has 0 fully saturated rings. The van der Waals surface area contributed by atoms with Crippen LogP contribution in [-0.2, 0) is 6.42 Å². The van der Waals surface area contributed by atoms with E-state index < -0.39 is 0 Å². The number of aliphatic hydroxyl groups excluding tert-OH is 1. The van der Waals surface area contributed by atoms with Crippen molar-refractivity contribution in [3.63, 3.8) is 0 Å². The Morgan fingerprint density at radius 3 is 2.93 bits per heavy atom. The molecule has 6 nitrogen and oxygen atoms in total. The number of aryl methyl sites for hydroxylation is 1. The third-order valence-electron chi connectivity index (χ3n) is 4.57. The monoisotopic (exact) mass is 387 g/mol. The largest absolute Gasteiger partial charge is 0.497 e. The van der Waals surface area contributed by atoms with Crippen molar-refractivity contribution >= 4 is 28.4 Å². The molecule has 27 heavy (non-hydrogen) atoms. The molecular weight excluding hydrogens is 366 g/mol. The summed E-state index contributed by atoms with van der Waals surface area (Å²) in [6.07, 6.45) is 3.79. The number of amides is 1. The van der Waals surface area contributed by atoms with Crippen LogP contribution in [0.1, 0.15) is 21.6 Å².